The van der Waals surface area contributed by atoms with Crippen molar-refractivity contribution in [2.45, 2.75) is 0 Å². The molecular formula is C7H5N3S2. The van der Waals surface area contributed by atoms with E-state index >= 15 is 0 Å². The molecule has 0 aliphatic rings. The molecule has 2 aromatic heterocycles. The van der Waals surface area contributed by atoms with Gasteiger partial charge in [0.25, 0.3) is 0 Å². The summed E-state index contributed by atoms with van der Waals surface area (Å²) in [5, 5.41) is 8.44. The molecular weight excluding hydrogens is 190 g/mol. The lowest BCUT2D eigenvalue weighted by molar-refractivity contribution is 0.955. The van der Waals surface area contributed by atoms with Crippen LogP contribution in [0, 0.1) is 4.77 Å². The van der Waals surface area contributed by atoms with Gasteiger partial charge in [-0.2, -0.15) is 5.10 Å². The number of nitrogens with one attached hydrogen (secondary N) is 1. The molecule has 0 aromatic carbocycles. The fourth-order valence-electron chi connectivity index (χ4n) is 0.855. The van der Waals surface area contributed by atoms with E-state index in [0.29, 0.717) is 4.77 Å². The van der Waals surface area contributed by atoms with Gasteiger partial charge < -0.3 is 0 Å². The van der Waals surface area contributed by atoms with Crippen molar-refractivity contribution in [2.24, 2.45) is 0 Å². The molecule has 60 valence electrons. The molecule has 0 aliphatic carbocycles. The molecule has 0 atom stereocenters. The van der Waals surface area contributed by atoms with E-state index in [9.17, 15) is 0 Å². The zero-order valence-electron chi connectivity index (χ0n) is 6.02. The zero-order chi connectivity index (χ0) is 8.39. The highest BCUT2D eigenvalue weighted by Gasteiger charge is 1.98. The van der Waals surface area contributed by atoms with Crippen molar-refractivity contribution < 1.29 is 0 Å². The van der Waals surface area contributed by atoms with Gasteiger partial charge in [-0.25, -0.2) is 4.98 Å². The van der Waals surface area contributed by atoms with E-state index in [0.717, 1.165) is 10.6 Å². The Balaban J connectivity index is 2.55. The van der Waals surface area contributed by atoms with Crippen LogP contribution < -0.4 is 0 Å². The molecule has 0 unspecified atom stereocenters. The van der Waals surface area contributed by atoms with Gasteiger partial charge in [0.1, 0.15) is 5.69 Å². The maximum Gasteiger partial charge on any atom is 0.214 e. The highest BCUT2D eigenvalue weighted by atomic mass is 32.1. The molecule has 12 heavy (non-hydrogen) atoms. The Morgan fingerprint density at radius 1 is 1.50 bits per heavy atom. The first-order valence-electron chi connectivity index (χ1n) is 3.32. The quantitative estimate of drug-likeness (QED) is 0.710. The first-order chi connectivity index (χ1) is 5.86. The SMILES string of the molecule is S=c1nc(-c2cccs2)cn[nH]1. The molecule has 0 bridgehead atoms. The molecule has 2 rings (SSSR count). The van der Waals surface area contributed by atoms with E-state index in [1.165, 1.54) is 0 Å². The highest BCUT2D eigenvalue weighted by molar-refractivity contribution is 7.71. The summed E-state index contributed by atoms with van der Waals surface area (Å²) in [6.45, 7) is 0. The first kappa shape index (κ1) is 7.57. The minimum absolute atomic E-state index is 0.418. The number of hydrogen-bond donors (Lipinski definition) is 1. The molecule has 2 heterocycles. The van der Waals surface area contributed by atoms with Crippen LogP contribution in [0.1, 0.15) is 0 Å². The Morgan fingerprint density at radius 2 is 2.42 bits per heavy atom. The minimum Gasteiger partial charge on any atom is -0.252 e. The number of H-pyrrole nitrogens is 1. The summed E-state index contributed by atoms with van der Waals surface area (Å²) in [6.07, 6.45) is 1.67. The van der Waals surface area contributed by atoms with Crippen molar-refractivity contribution in [2.75, 3.05) is 0 Å². The Kier molecular flexibility index (Phi) is 1.97. The third-order valence-corrected chi connectivity index (χ3v) is 2.42. The third kappa shape index (κ3) is 1.41. The van der Waals surface area contributed by atoms with Crippen molar-refractivity contribution in [3.8, 4) is 10.6 Å². The van der Waals surface area contributed by atoms with E-state index in [4.69, 9.17) is 12.2 Å². The Morgan fingerprint density at radius 3 is 3.08 bits per heavy atom. The van der Waals surface area contributed by atoms with Crippen LogP contribution in [-0.2, 0) is 0 Å². The average molecular weight is 195 g/mol. The largest absolute Gasteiger partial charge is 0.252 e. The summed E-state index contributed by atoms with van der Waals surface area (Å²) < 4.78 is 0.418. The summed E-state index contributed by atoms with van der Waals surface area (Å²) in [7, 11) is 0. The maximum absolute atomic E-state index is 4.85. The summed E-state index contributed by atoms with van der Waals surface area (Å²) in [6, 6.07) is 3.96. The lowest BCUT2D eigenvalue weighted by Gasteiger charge is -1.92. The van der Waals surface area contributed by atoms with Crippen LogP contribution in [-0.4, -0.2) is 15.2 Å². The van der Waals surface area contributed by atoms with Gasteiger partial charge >= 0.3 is 0 Å². The van der Waals surface area contributed by atoms with Crippen LogP contribution in [0.15, 0.2) is 23.7 Å². The summed E-state index contributed by atoms with van der Waals surface area (Å²) >= 11 is 6.47. The number of hydrogen-bond acceptors (Lipinski definition) is 4. The number of thiophene rings is 1. The van der Waals surface area contributed by atoms with Crippen LogP contribution in [0.3, 0.4) is 0 Å². The van der Waals surface area contributed by atoms with E-state index in [-0.39, 0.29) is 0 Å². The fourth-order valence-corrected chi connectivity index (χ4v) is 1.69. The monoisotopic (exact) mass is 195 g/mol. The van der Waals surface area contributed by atoms with Crippen LogP contribution in [0.25, 0.3) is 10.6 Å². The van der Waals surface area contributed by atoms with Crippen molar-refractivity contribution in [3.05, 3.63) is 28.5 Å². The Bertz CT molecular complexity index is 418. The van der Waals surface area contributed by atoms with Crippen LogP contribution in [0.2, 0.25) is 0 Å². The molecule has 0 amide bonds. The second-order valence-corrected chi connectivity index (χ2v) is 3.48. The fraction of sp³-hybridized carbons (Fsp3) is 0. The standard InChI is InChI=1S/C7H5N3S2/c11-7-9-5(4-8-10-7)6-2-1-3-12-6/h1-4H,(H,9,10,11). The summed E-state index contributed by atoms with van der Waals surface area (Å²) in [5.74, 6) is 0. The summed E-state index contributed by atoms with van der Waals surface area (Å²) in [5.41, 5.74) is 0.828. The van der Waals surface area contributed by atoms with Gasteiger partial charge in [-0.3, -0.25) is 5.10 Å². The average Bonchev–Trinajstić information content (AvgIpc) is 2.56. The van der Waals surface area contributed by atoms with Gasteiger partial charge in [0, 0.05) is 0 Å². The number of nitrogens with zero attached hydrogens (tertiary/aromatic N) is 2. The molecule has 3 nitrogen and oxygen atoms in total. The van der Waals surface area contributed by atoms with Gasteiger partial charge in [0.2, 0.25) is 4.77 Å². The first-order valence-corrected chi connectivity index (χ1v) is 4.60. The van der Waals surface area contributed by atoms with Gasteiger partial charge in [-0.1, -0.05) is 6.07 Å². The Labute approximate surface area is 78.1 Å². The molecule has 0 saturated carbocycles. The zero-order valence-corrected chi connectivity index (χ0v) is 7.65. The normalized spacial score (nSPS) is 10.0. The van der Waals surface area contributed by atoms with Crippen LogP contribution in [0.5, 0.6) is 0 Å². The number of aromatic nitrogens is 3. The van der Waals surface area contributed by atoms with E-state index in [1.54, 1.807) is 17.5 Å². The molecule has 0 saturated heterocycles. The molecule has 0 aliphatic heterocycles. The molecule has 0 fully saturated rings. The van der Waals surface area contributed by atoms with Gasteiger partial charge in [0.15, 0.2) is 0 Å². The molecule has 2 aromatic rings. The third-order valence-electron chi connectivity index (χ3n) is 1.34. The van der Waals surface area contributed by atoms with E-state index in [2.05, 4.69) is 15.2 Å². The summed E-state index contributed by atoms with van der Waals surface area (Å²) in [4.78, 5) is 5.21. The highest BCUT2D eigenvalue weighted by Crippen LogP contribution is 2.20. The lowest BCUT2D eigenvalue weighted by Crippen LogP contribution is -1.87. The van der Waals surface area contributed by atoms with Crippen LogP contribution >= 0.6 is 23.6 Å². The maximum atomic E-state index is 4.85. The minimum atomic E-state index is 0.418. The van der Waals surface area contributed by atoms with Gasteiger partial charge in [-0.15, -0.1) is 11.3 Å². The van der Waals surface area contributed by atoms with Gasteiger partial charge in [-0.05, 0) is 23.7 Å². The number of rotatable bonds is 1. The van der Waals surface area contributed by atoms with Crippen molar-refractivity contribution >= 4 is 23.6 Å². The lowest BCUT2D eigenvalue weighted by atomic mass is 10.4. The molecule has 5 heteroatoms. The van der Waals surface area contributed by atoms with Crippen molar-refractivity contribution in [1.29, 1.82) is 0 Å². The van der Waals surface area contributed by atoms with Crippen LogP contribution in [0.4, 0.5) is 0 Å². The van der Waals surface area contributed by atoms with E-state index in [1.807, 2.05) is 17.5 Å². The topological polar surface area (TPSA) is 41.6 Å². The molecule has 0 radical (unpaired) electrons. The number of aromatic amines is 1. The predicted octanol–water partition coefficient (Wildman–Crippen LogP) is 2.26. The second kappa shape index (κ2) is 3.12. The van der Waals surface area contributed by atoms with Gasteiger partial charge in [0.05, 0.1) is 11.1 Å². The smallest absolute Gasteiger partial charge is 0.214 e. The Hall–Kier alpha value is -1.07. The second-order valence-electron chi connectivity index (χ2n) is 2.15. The van der Waals surface area contributed by atoms with Crippen molar-refractivity contribution in [1.82, 2.24) is 15.2 Å². The molecule has 1 N–H and O–H groups in total. The van der Waals surface area contributed by atoms with E-state index < -0.39 is 0 Å². The molecule has 0 spiro atoms. The predicted molar refractivity (Wildman–Crippen MR) is 50.5 cm³/mol. The van der Waals surface area contributed by atoms with Crippen molar-refractivity contribution in [3.63, 3.8) is 0 Å².